The second-order valence-corrected chi connectivity index (χ2v) is 8.36. The fourth-order valence-electron chi connectivity index (χ4n) is 2.84. The van der Waals surface area contributed by atoms with Gasteiger partial charge < -0.3 is 14.5 Å². The highest BCUT2D eigenvalue weighted by Crippen LogP contribution is 2.22. The Balaban J connectivity index is 1.44. The van der Waals surface area contributed by atoms with Gasteiger partial charge in [-0.15, -0.1) is 21.5 Å². The lowest BCUT2D eigenvalue weighted by Crippen LogP contribution is -2.15. The number of hydrogen-bond donors (Lipinski definition) is 1. The molecule has 0 spiro atoms. The minimum atomic E-state index is -0.113. The molecule has 3 aromatic heterocycles. The van der Waals surface area contributed by atoms with Gasteiger partial charge in [-0.3, -0.25) is 9.36 Å². The fraction of sp³-hybridized carbons (Fsp3) is 0.190. The number of rotatable bonds is 9. The molecule has 0 saturated carbocycles. The van der Waals surface area contributed by atoms with Crippen LogP contribution in [0.1, 0.15) is 16.5 Å². The number of anilines is 1. The number of benzene rings is 1. The predicted molar refractivity (Wildman–Crippen MR) is 117 cm³/mol. The minimum absolute atomic E-state index is 0.113. The first-order valence-corrected chi connectivity index (χ1v) is 11.1. The molecule has 0 aliphatic rings. The third-order valence-electron chi connectivity index (χ3n) is 4.31. The molecular formula is C21H20N4O3S2. The number of nitrogens with zero attached hydrogens (tertiary/aromatic N) is 3. The summed E-state index contributed by atoms with van der Waals surface area (Å²) in [6.45, 7) is 0.517. The van der Waals surface area contributed by atoms with E-state index in [1.165, 1.54) is 16.6 Å². The zero-order chi connectivity index (χ0) is 20.8. The maximum Gasteiger partial charge on any atom is 0.234 e. The third kappa shape index (κ3) is 5.11. The summed E-state index contributed by atoms with van der Waals surface area (Å²) in [5.41, 5.74) is 0.719. The van der Waals surface area contributed by atoms with E-state index in [1.807, 2.05) is 28.1 Å². The van der Waals surface area contributed by atoms with Gasteiger partial charge in [-0.2, -0.15) is 0 Å². The molecular weight excluding hydrogens is 420 g/mol. The van der Waals surface area contributed by atoms with E-state index in [-0.39, 0.29) is 11.7 Å². The number of carbonyl (C=O) groups is 1. The van der Waals surface area contributed by atoms with Crippen molar-refractivity contribution >= 4 is 34.7 Å². The van der Waals surface area contributed by atoms with Gasteiger partial charge in [0.15, 0.2) is 5.16 Å². The molecule has 4 rings (SSSR count). The van der Waals surface area contributed by atoms with Crippen molar-refractivity contribution in [3.05, 3.63) is 76.6 Å². The molecule has 0 aliphatic heterocycles. The Hall–Kier alpha value is -3.04. The van der Waals surface area contributed by atoms with Gasteiger partial charge >= 0.3 is 0 Å². The van der Waals surface area contributed by atoms with Crippen LogP contribution in [0.5, 0.6) is 5.75 Å². The Labute approximate surface area is 182 Å². The highest BCUT2D eigenvalue weighted by Gasteiger charge is 2.16. The van der Waals surface area contributed by atoms with Crippen LogP contribution in [0.15, 0.2) is 69.7 Å². The zero-order valence-corrected chi connectivity index (χ0v) is 17.9. The van der Waals surface area contributed by atoms with Crippen molar-refractivity contribution in [1.29, 1.82) is 0 Å². The number of thioether (sulfide) groups is 1. The van der Waals surface area contributed by atoms with Gasteiger partial charge in [0.05, 0.1) is 25.7 Å². The van der Waals surface area contributed by atoms with Crippen LogP contribution in [-0.2, 0) is 17.8 Å². The van der Waals surface area contributed by atoms with Crippen molar-refractivity contribution in [2.24, 2.45) is 0 Å². The number of nitrogens with one attached hydrogen (secondary N) is 1. The normalized spacial score (nSPS) is 10.8. The molecule has 1 N–H and O–H groups in total. The second kappa shape index (κ2) is 9.64. The smallest absolute Gasteiger partial charge is 0.234 e. The molecule has 0 radical (unpaired) electrons. The van der Waals surface area contributed by atoms with Gasteiger partial charge in [-0.05, 0) is 47.8 Å². The van der Waals surface area contributed by atoms with Crippen LogP contribution in [0.25, 0.3) is 0 Å². The molecule has 0 bridgehead atoms. The SMILES string of the molecule is COc1ccc(NC(=O)CSc2nnc(Cc3cccs3)n2Cc2ccco2)cc1. The Morgan fingerprint density at radius 3 is 2.77 bits per heavy atom. The van der Waals surface area contributed by atoms with Gasteiger partial charge in [-0.25, -0.2) is 0 Å². The van der Waals surface area contributed by atoms with Gasteiger partial charge in [0.25, 0.3) is 0 Å². The summed E-state index contributed by atoms with van der Waals surface area (Å²) in [7, 11) is 1.61. The van der Waals surface area contributed by atoms with E-state index in [1.54, 1.807) is 49.0 Å². The van der Waals surface area contributed by atoms with Crippen LogP contribution < -0.4 is 10.1 Å². The van der Waals surface area contributed by atoms with E-state index in [0.717, 1.165) is 23.0 Å². The number of methoxy groups -OCH3 is 1. The lowest BCUT2D eigenvalue weighted by Gasteiger charge is -2.09. The molecule has 1 amide bonds. The maximum atomic E-state index is 12.4. The highest BCUT2D eigenvalue weighted by atomic mass is 32.2. The van der Waals surface area contributed by atoms with Gasteiger partial charge in [0.2, 0.25) is 5.91 Å². The van der Waals surface area contributed by atoms with E-state index in [9.17, 15) is 4.79 Å². The summed E-state index contributed by atoms with van der Waals surface area (Å²) in [6, 6.07) is 15.1. The molecule has 9 heteroatoms. The topological polar surface area (TPSA) is 82.2 Å². The van der Waals surface area contributed by atoms with E-state index in [4.69, 9.17) is 9.15 Å². The average Bonchev–Trinajstić information content (AvgIpc) is 3.52. The third-order valence-corrected chi connectivity index (χ3v) is 6.15. The molecule has 3 heterocycles. The average molecular weight is 441 g/mol. The Morgan fingerprint density at radius 2 is 2.07 bits per heavy atom. The first kappa shape index (κ1) is 20.2. The Bertz CT molecular complexity index is 1070. The van der Waals surface area contributed by atoms with E-state index < -0.39 is 0 Å². The Morgan fingerprint density at radius 1 is 1.20 bits per heavy atom. The van der Waals surface area contributed by atoms with Crippen LogP contribution in [-0.4, -0.2) is 33.5 Å². The number of furan rings is 1. The van der Waals surface area contributed by atoms with Crippen LogP contribution >= 0.6 is 23.1 Å². The number of carbonyl (C=O) groups excluding carboxylic acids is 1. The summed E-state index contributed by atoms with van der Waals surface area (Å²) >= 11 is 3.03. The summed E-state index contributed by atoms with van der Waals surface area (Å²) < 4.78 is 12.6. The first-order chi connectivity index (χ1) is 14.7. The molecule has 7 nitrogen and oxygen atoms in total. The number of hydrogen-bond acceptors (Lipinski definition) is 7. The van der Waals surface area contributed by atoms with Gasteiger partial charge in [0.1, 0.15) is 17.3 Å². The van der Waals surface area contributed by atoms with Crippen LogP contribution in [0.3, 0.4) is 0 Å². The molecule has 0 aliphatic carbocycles. The minimum Gasteiger partial charge on any atom is -0.497 e. The van der Waals surface area contributed by atoms with E-state index in [2.05, 4.69) is 21.6 Å². The van der Waals surface area contributed by atoms with Crippen LogP contribution in [0.2, 0.25) is 0 Å². The summed E-state index contributed by atoms with van der Waals surface area (Å²) in [6.07, 6.45) is 2.33. The monoisotopic (exact) mass is 440 g/mol. The summed E-state index contributed by atoms with van der Waals surface area (Å²) in [4.78, 5) is 13.6. The van der Waals surface area contributed by atoms with Crippen molar-refractivity contribution in [1.82, 2.24) is 14.8 Å². The molecule has 4 aromatic rings. The summed E-state index contributed by atoms with van der Waals surface area (Å²) in [5, 5.41) is 14.3. The standard InChI is InChI=1S/C21H20N4O3S2/c1-27-16-8-6-15(7-9-16)22-20(26)14-30-21-24-23-19(12-18-5-3-11-29-18)25(21)13-17-4-2-10-28-17/h2-11H,12-14H2,1H3,(H,22,26). The van der Waals surface area contributed by atoms with Gasteiger partial charge in [0, 0.05) is 17.0 Å². The number of amides is 1. The largest absolute Gasteiger partial charge is 0.497 e. The van der Waals surface area contributed by atoms with Crippen molar-refractivity contribution in [2.75, 3.05) is 18.2 Å². The van der Waals surface area contributed by atoms with Crippen LogP contribution in [0.4, 0.5) is 5.69 Å². The fourth-order valence-corrected chi connectivity index (χ4v) is 4.30. The predicted octanol–water partition coefficient (Wildman–Crippen LogP) is 4.31. The molecule has 154 valence electrons. The van der Waals surface area contributed by atoms with Crippen LogP contribution in [0, 0.1) is 0 Å². The molecule has 0 atom stereocenters. The van der Waals surface area contributed by atoms with Gasteiger partial charge in [-0.1, -0.05) is 17.8 Å². The van der Waals surface area contributed by atoms with Crippen molar-refractivity contribution < 1.29 is 13.9 Å². The summed E-state index contributed by atoms with van der Waals surface area (Å²) in [5.74, 6) is 2.50. The lowest BCUT2D eigenvalue weighted by molar-refractivity contribution is -0.113. The quantitative estimate of drug-likeness (QED) is 0.391. The van der Waals surface area contributed by atoms with E-state index >= 15 is 0 Å². The Kier molecular flexibility index (Phi) is 6.50. The number of aromatic nitrogens is 3. The molecule has 0 saturated heterocycles. The lowest BCUT2D eigenvalue weighted by atomic mass is 10.3. The highest BCUT2D eigenvalue weighted by molar-refractivity contribution is 7.99. The number of thiophene rings is 1. The molecule has 0 fully saturated rings. The maximum absolute atomic E-state index is 12.4. The zero-order valence-electron chi connectivity index (χ0n) is 16.3. The van der Waals surface area contributed by atoms with Crippen molar-refractivity contribution in [2.45, 2.75) is 18.1 Å². The first-order valence-electron chi connectivity index (χ1n) is 9.25. The second-order valence-electron chi connectivity index (χ2n) is 6.39. The van der Waals surface area contributed by atoms with Crippen molar-refractivity contribution in [3.63, 3.8) is 0 Å². The number of ether oxygens (including phenoxy) is 1. The molecule has 30 heavy (non-hydrogen) atoms. The molecule has 1 aromatic carbocycles. The van der Waals surface area contributed by atoms with Crippen molar-refractivity contribution in [3.8, 4) is 5.75 Å². The molecule has 0 unspecified atom stereocenters. The van der Waals surface area contributed by atoms with E-state index in [0.29, 0.717) is 18.1 Å².